The first-order chi connectivity index (χ1) is 8.04. The molecule has 0 fully saturated rings. The van der Waals surface area contributed by atoms with Crippen LogP contribution in [0.5, 0.6) is 0 Å². The number of nitrogen functional groups attached to an aromatic ring is 1. The highest BCUT2D eigenvalue weighted by molar-refractivity contribution is 6.45. The first kappa shape index (κ1) is 12.4. The fourth-order valence-electron chi connectivity index (χ4n) is 1.75. The number of nitrogens with zero attached hydrogens (tertiary/aromatic N) is 1. The van der Waals surface area contributed by atoms with Gasteiger partial charge in [-0.25, -0.2) is 10.8 Å². The molecule has 17 heavy (non-hydrogen) atoms. The highest BCUT2D eigenvalue weighted by atomic mass is 35.5. The molecule has 0 bridgehead atoms. The minimum Gasteiger partial charge on any atom is -0.308 e. The Bertz CT molecular complexity index is 567. The molecule has 0 aliphatic carbocycles. The van der Waals surface area contributed by atoms with Crippen LogP contribution >= 0.6 is 23.2 Å². The van der Waals surface area contributed by atoms with E-state index in [1.54, 1.807) is 6.07 Å². The van der Waals surface area contributed by atoms with Crippen LogP contribution in [0, 0.1) is 0 Å². The molecule has 0 spiro atoms. The van der Waals surface area contributed by atoms with Gasteiger partial charge in [0.1, 0.15) is 5.82 Å². The monoisotopic (exact) mass is 269 g/mol. The lowest BCUT2D eigenvalue weighted by molar-refractivity contribution is 0.862. The summed E-state index contributed by atoms with van der Waals surface area (Å²) in [7, 11) is 0. The van der Waals surface area contributed by atoms with Gasteiger partial charge in [0.2, 0.25) is 0 Å². The maximum Gasteiger partial charge on any atom is 0.144 e. The van der Waals surface area contributed by atoms with E-state index < -0.39 is 0 Å². The lowest BCUT2D eigenvalue weighted by atomic mass is 10.0. The van der Waals surface area contributed by atoms with Crippen molar-refractivity contribution >= 4 is 39.9 Å². The number of hydrazine groups is 1. The third-order valence-electron chi connectivity index (χ3n) is 2.67. The number of nitrogens with one attached hydrogen (secondary N) is 1. The number of nitrogens with two attached hydrogens (primary N) is 1. The standard InChI is InChI=1S/C12H13Cl2N3/c1-6(2)8-5-7-3-4-9(13)10(14)11(7)16-12(8)17-15/h3-6H,15H2,1-2H3,(H,16,17). The third kappa shape index (κ3) is 2.18. The molecule has 2 rings (SSSR count). The van der Waals surface area contributed by atoms with Crippen LogP contribution in [0.4, 0.5) is 5.82 Å². The molecule has 2 aromatic rings. The third-order valence-corrected chi connectivity index (χ3v) is 3.46. The van der Waals surface area contributed by atoms with E-state index in [1.165, 1.54) is 0 Å². The highest BCUT2D eigenvalue weighted by Gasteiger charge is 2.12. The van der Waals surface area contributed by atoms with Crippen molar-refractivity contribution in [3.63, 3.8) is 0 Å². The van der Waals surface area contributed by atoms with E-state index in [4.69, 9.17) is 29.0 Å². The summed E-state index contributed by atoms with van der Waals surface area (Å²) in [6.45, 7) is 4.17. The van der Waals surface area contributed by atoms with Gasteiger partial charge in [0.05, 0.1) is 15.6 Å². The number of benzene rings is 1. The van der Waals surface area contributed by atoms with E-state index in [1.807, 2.05) is 12.1 Å². The van der Waals surface area contributed by atoms with Gasteiger partial charge in [0.25, 0.3) is 0 Å². The Morgan fingerprint density at radius 2 is 2.00 bits per heavy atom. The van der Waals surface area contributed by atoms with Gasteiger partial charge in [-0.15, -0.1) is 0 Å². The average Bonchev–Trinajstić information content (AvgIpc) is 2.32. The molecule has 5 heteroatoms. The molecule has 0 aliphatic heterocycles. The lowest BCUT2D eigenvalue weighted by Gasteiger charge is -2.13. The fraction of sp³-hybridized carbons (Fsp3) is 0.250. The predicted molar refractivity (Wildman–Crippen MR) is 73.7 cm³/mol. The number of anilines is 1. The molecule has 0 amide bonds. The van der Waals surface area contributed by atoms with Gasteiger partial charge in [0, 0.05) is 5.39 Å². The minimum absolute atomic E-state index is 0.326. The molecular weight excluding hydrogens is 257 g/mol. The Labute approximate surface area is 110 Å². The summed E-state index contributed by atoms with van der Waals surface area (Å²) in [6.07, 6.45) is 0. The van der Waals surface area contributed by atoms with Crippen LogP contribution in [0.25, 0.3) is 10.9 Å². The number of halogens is 2. The van der Waals surface area contributed by atoms with Gasteiger partial charge >= 0.3 is 0 Å². The summed E-state index contributed by atoms with van der Waals surface area (Å²) >= 11 is 12.1. The lowest BCUT2D eigenvalue weighted by Crippen LogP contribution is -2.12. The van der Waals surface area contributed by atoms with E-state index >= 15 is 0 Å². The van der Waals surface area contributed by atoms with Gasteiger partial charge in [-0.05, 0) is 23.6 Å². The second-order valence-corrected chi connectivity index (χ2v) is 4.94. The zero-order valence-corrected chi connectivity index (χ0v) is 11.1. The molecule has 90 valence electrons. The van der Waals surface area contributed by atoms with Crippen molar-refractivity contribution in [2.24, 2.45) is 5.84 Å². The Kier molecular flexibility index (Phi) is 3.43. The van der Waals surface area contributed by atoms with Crippen molar-refractivity contribution in [1.82, 2.24) is 4.98 Å². The maximum absolute atomic E-state index is 6.12. The van der Waals surface area contributed by atoms with Gasteiger partial charge < -0.3 is 5.43 Å². The van der Waals surface area contributed by atoms with Crippen LogP contribution in [0.2, 0.25) is 10.0 Å². The predicted octanol–water partition coefficient (Wildman–Crippen LogP) is 3.95. The fourth-order valence-corrected chi connectivity index (χ4v) is 2.12. The van der Waals surface area contributed by atoms with Crippen molar-refractivity contribution in [2.45, 2.75) is 19.8 Å². The molecule has 3 N–H and O–H groups in total. The van der Waals surface area contributed by atoms with Crippen molar-refractivity contribution in [1.29, 1.82) is 0 Å². The number of fused-ring (bicyclic) bond motifs is 1. The van der Waals surface area contributed by atoms with Crippen LogP contribution in [-0.2, 0) is 0 Å². The molecule has 0 atom stereocenters. The first-order valence-electron chi connectivity index (χ1n) is 5.30. The Morgan fingerprint density at radius 1 is 1.29 bits per heavy atom. The number of aromatic nitrogens is 1. The van der Waals surface area contributed by atoms with Crippen LogP contribution in [0.15, 0.2) is 18.2 Å². The second-order valence-electron chi connectivity index (χ2n) is 4.16. The van der Waals surface area contributed by atoms with Crippen molar-refractivity contribution in [2.75, 3.05) is 5.43 Å². The Morgan fingerprint density at radius 3 is 2.59 bits per heavy atom. The molecule has 1 heterocycles. The normalized spacial score (nSPS) is 11.2. The topological polar surface area (TPSA) is 50.9 Å². The Balaban J connectivity index is 2.78. The van der Waals surface area contributed by atoms with Crippen molar-refractivity contribution in [3.8, 4) is 0 Å². The highest BCUT2D eigenvalue weighted by Crippen LogP contribution is 2.33. The maximum atomic E-state index is 6.12. The molecule has 1 aromatic heterocycles. The van der Waals surface area contributed by atoms with E-state index in [0.29, 0.717) is 27.3 Å². The van der Waals surface area contributed by atoms with Gasteiger partial charge in [-0.3, -0.25) is 0 Å². The molecule has 0 unspecified atom stereocenters. The summed E-state index contributed by atoms with van der Waals surface area (Å²) in [4.78, 5) is 4.42. The molecule has 0 radical (unpaired) electrons. The molecule has 1 aromatic carbocycles. The smallest absolute Gasteiger partial charge is 0.144 e. The van der Waals surface area contributed by atoms with Crippen molar-refractivity contribution in [3.05, 3.63) is 33.8 Å². The molecule has 0 saturated carbocycles. The van der Waals surface area contributed by atoms with E-state index in [2.05, 4.69) is 24.3 Å². The first-order valence-corrected chi connectivity index (χ1v) is 6.05. The molecular formula is C12H13Cl2N3. The molecule has 0 saturated heterocycles. The van der Waals surface area contributed by atoms with Gasteiger partial charge in [0.15, 0.2) is 0 Å². The van der Waals surface area contributed by atoms with E-state index in [9.17, 15) is 0 Å². The summed E-state index contributed by atoms with van der Waals surface area (Å²) < 4.78 is 0. The van der Waals surface area contributed by atoms with E-state index in [-0.39, 0.29) is 0 Å². The second kappa shape index (κ2) is 4.69. The van der Waals surface area contributed by atoms with Crippen LogP contribution in [0.1, 0.15) is 25.3 Å². The van der Waals surface area contributed by atoms with Crippen LogP contribution in [0.3, 0.4) is 0 Å². The van der Waals surface area contributed by atoms with Gasteiger partial charge in [-0.2, -0.15) is 0 Å². The van der Waals surface area contributed by atoms with Crippen LogP contribution in [-0.4, -0.2) is 4.98 Å². The Hall–Kier alpha value is -1.03. The average molecular weight is 270 g/mol. The zero-order valence-electron chi connectivity index (χ0n) is 9.59. The van der Waals surface area contributed by atoms with Crippen molar-refractivity contribution < 1.29 is 0 Å². The van der Waals surface area contributed by atoms with Crippen LogP contribution < -0.4 is 11.3 Å². The molecule has 3 nitrogen and oxygen atoms in total. The number of hydrogen-bond donors (Lipinski definition) is 2. The van der Waals surface area contributed by atoms with E-state index in [0.717, 1.165) is 10.9 Å². The SMILES string of the molecule is CC(C)c1cc2ccc(Cl)c(Cl)c2nc1NN. The zero-order chi connectivity index (χ0) is 12.6. The summed E-state index contributed by atoms with van der Waals surface area (Å²) in [5, 5.41) is 1.91. The summed E-state index contributed by atoms with van der Waals surface area (Å²) in [5.41, 5.74) is 4.32. The number of hydrogen-bond acceptors (Lipinski definition) is 3. The molecule has 0 aliphatic rings. The minimum atomic E-state index is 0.326. The quantitative estimate of drug-likeness (QED) is 0.641. The summed E-state index contributed by atoms with van der Waals surface area (Å²) in [6, 6.07) is 5.71. The van der Waals surface area contributed by atoms with Gasteiger partial charge in [-0.1, -0.05) is 43.1 Å². The number of rotatable bonds is 2. The summed E-state index contributed by atoms with van der Waals surface area (Å²) in [5.74, 6) is 6.44. The number of pyridine rings is 1. The largest absolute Gasteiger partial charge is 0.308 e.